The molecule has 1 aromatic rings. The second-order valence-electron chi connectivity index (χ2n) is 2.62. The van der Waals surface area contributed by atoms with Crippen molar-refractivity contribution < 1.29 is 14.4 Å². The van der Waals surface area contributed by atoms with Crippen molar-refractivity contribution in [2.24, 2.45) is 5.16 Å². The van der Waals surface area contributed by atoms with E-state index < -0.39 is 5.24 Å². The Labute approximate surface area is 100 Å². The van der Waals surface area contributed by atoms with E-state index in [-0.39, 0.29) is 17.3 Å². The minimum atomic E-state index is -0.776. The van der Waals surface area contributed by atoms with Crippen molar-refractivity contribution in [3.8, 4) is 0 Å². The summed E-state index contributed by atoms with van der Waals surface area (Å²) in [5, 5.41) is 7.07. The molecule has 0 spiro atoms. The molecule has 6 nitrogen and oxygen atoms in total. The van der Waals surface area contributed by atoms with Crippen molar-refractivity contribution in [1.29, 1.82) is 0 Å². The summed E-state index contributed by atoms with van der Waals surface area (Å²) < 4.78 is 0. The van der Waals surface area contributed by atoms with Gasteiger partial charge in [0.15, 0.2) is 10.8 Å². The maximum Gasteiger partial charge on any atom is 0.276 e. The van der Waals surface area contributed by atoms with Gasteiger partial charge in [-0.3, -0.25) is 9.59 Å². The van der Waals surface area contributed by atoms with E-state index in [2.05, 4.69) is 20.3 Å². The largest absolute Gasteiger partial charge is 0.398 e. The zero-order valence-electron chi connectivity index (χ0n) is 8.48. The third kappa shape index (κ3) is 3.28. The molecule has 0 radical (unpaired) electrons. The number of carbonyl (C=O) groups excluding carboxylic acids is 2. The highest BCUT2D eigenvalue weighted by molar-refractivity contribution is 7.14. The van der Waals surface area contributed by atoms with Crippen molar-refractivity contribution >= 4 is 44.9 Å². The third-order valence-corrected chi connectivity index (χ3v) is 2.34. The summed E-state index contributed by atoms with van der Waals surface area (Å²) in [6.07, 6.45) is 0. The Morgan fingerprint density at radius 1 is 1.62 bits per heavy atom. The van der Waals surface area contributed by atoms with E-state index in [1.807, 2.05) is 0 Å². The van der Waals surface area contributed by atoms with Crippen LogP contribution in [0.25, 0.3) is 0 Å². The van der Waals surface area contributed by atoms with Gasteiger partial charge in [-0.25, -0.2) is 4.98 Å². The summed E-state index contributed by atoms with van der Waals surface area (Å²) in [4.78, 5) is 30.2. The number of amides is 1. The van der Waals surface area contributed by atoms with Gasteiger partial charge in [0.1, 0.15) is 12.8 Å². The number of rotatable bonds is 4. The van der Waals surface area contributed by atoms with Crippen LogP contribution in [0.15, 0.2) is 10.5 Å². The molecule has 0 saturated carbocycles. The fourth-order valence-corrected chi connectivity index (χ4v) is 1.74. The van der Waals surface area contributed by atoms with E-state index in [9.17, 15) is 9.59 Å². The van der Waals surface area contributed by atoms with Crippen LogP contribution in [0.5, 0.6) is 0 Å². The fourth-order valence-electron chi connectivity index (χ4n) is 0.865. The van der Waals surface area contributed by atoms with Crippen LogP contribution in [-0.4, -0.2) is 29.0 Å². The normalized spacial score (nSPS) is 11.1. The van der Waals surface area contributed by atoms with Crippen LogP contribution in [0.4, 0.5) is 5.13 Å². The Balaban J connectivity index is 2.95. The van der Waals surface area contributed by atoms with E-state index in [0.717, 1.165) is 11.3 Å². The molecule has 0 saturated heterocycles. The minimum absolute atomic E-state index is 0.1000. The quantitative estimate of drug-likeness (QED) is 0.502. The first-order valence-electron chi connectivity index (χ1n) is 4.09. The van der Waals surface area contributed by atoms with Crippen molar-refractivity contribution in [1.82, 2.24) is 4.98 Å². The van der Waals surface area contributed by atoms with Crippen LogP contribution in [-0.2, 0) is 14.4 Å². The van der Waals surface area contributed by atoms with Gasteiger partial charge in [-0.15, -0.1) is 11.3 Å². The van der Waals surface area contributed by atoms with Gasteiger partial charge in [0.2, 0.25) is 5.91 Å². The summed E-state index contributed by atoms with van der Waals surface area (Å²) in [6, 6.07) is 0. The minimum Gasteiger partial charge on any atom is -0.398 e. The molecule has 8 heteroatoms. The van der Waals surface area contributed by atoms with Crippen LogP contribution in [0.3, 0.4) is 0 Å². The number of oxime groups is 1. The number of nitrogens with one attached hydrogen (secondary N) is 1. The van der Waals surface area contributed by atoms with Crippen LogP contribution in [0.1, 0.15) is 12.6 Å². The molecule has 16 heavy (non-hydrogen) atoms. The molecular weight excluding hydrogens is 254 g/mol. The molecule has 86 valence electrons. The van der Waals surface area contributed by atoms with Gasteiger partial charge in [0.05, 0.1) is 0 Å². The number of thiazole rings is 1. The fraction of sp³-hybridized carbons (Fsp3) is 0.250. The maximum atomic E-state index is 11.0. The highest BCUT2D eigenvalue weighted by Crippen LogP contribution is 2.16. The summed E-state index contributed by atoms with van der Waals surface area (Å²) in [5.74, 6) is -0.247. The molecule has 0 aliphatic heterocycles. The third-order valence-electron chi connectivity index (χ3n) is 1.40. The Morgan fingerprint density at radius 2 is 2.31 bits per heavy atom. The second-order valence-corrected chi connectivity index (χ2v) is 3.82. The summed E-state index contributed by atoms with van der Waals surface area (Å²) in [5.41, 5.74) is 0.160. The molecule has 0 aliphatic rings. The Bertz CT molecular complexity index is 443. The molecular formula is C8H8ClN3O3S. The second kappa shape index (κ2) is 5.57. The predicted molar refractivity (Wildman–Crippen MR) is 60.8 cm³/mol. The SMILES string of the molecule is CO/N=C(\C(=O)Cl)c1csc(NC(C)=O)n1. The Kier molecular flexibility index (Phi) is 4.39. The van der Waals surface area contributed by atoms with Gasteiger partial charge in [0.25, 0.3) is 5.24 Å². The lowest BCUT2D eigenvalue weighted by Crippen LogP contribution is -2.11. The van der Waals surface area contributed by atoms with Crippen LogP contribution in [0.2, 0.25) is 0 Å². The lowest BCUT2D eigenvalue weighted by atomic mass is 10.3. The molecule has 1 heterocycles. The summed E-state index contributed by atoms with van der Waals surface area (Å²) in [6.45, 7) is 1.36. The number of nitrogens with zero attached hydrogens (tertiary/aromatic N) is 2. The standard InChI is InChI=1S/C8H8ClN3O3S/c1-4(13)10-8-11-5(3-16-8)6(7(9)14)12-15-2/h3H,1-2H3,(H,10,11,13)/b12-6-. The molecule has 0 fully saturated rings. The van der Waals surface area contributed by atoms with Crippen molar-refractivity contribution in [2.45, 2.75) is 6.92 Å². The molecule has 1 amide bonds. The molecule has 0 aromatic carbocycles. The number of hydrogen-bond acceptors (Lipinski definition) is 6. The number of halogens is 1. The molecule has 1 aromatic heterocycles. The van der Waals surface area contributed by atoms with Gasteiger partial charge in [-0.1, -0.05) is 5.16 Å². The topological polar surface area (TPSA) is 80.6 Å². The van der Waals surface area contributed by atoms with E-state index >= 15 is 0 Å². The summed E-state index contributed by atoms with van der Waals surface area (Å²) in [7, 11) is 1.29. The average Bonchev–Trinajstić information content (AvgIpc) is 2.60. The van der Waals surface area contributed by atoms with Crippen LogP contribution in [0, 0.1) is 0 Å². The maximum absolute atomic E-state index is 11.0. The molecule has 0 atom stereocenters. The number of anilines is 1. The summed E-state index contributed by atoms with van der Waals surface area (Å²) >= 11 is 6.46. The highest BCUT2D eigenvalue weighted by atomic mass is 35.5. The first kappa shape index (κ1) is 12.6. The molecule has 1 rings (SSSR count). The van der Waals surface area contributed by atoms with Gasteiger partial charge < -0.3 is 10.2 Å². The van der Waals surface area contributed by atoms with Gasteiger partial charge in [-0.2, -0.15) is 0 Å². The van der Waals surface area contributed by atoms with E-state index in [1.54, 1.807) is 5.38 Å². The van der Waals surface area contributed by atoms with Gasteiger partial charge in [0, 0.05) is 12.3 Å². The smallest absolute Gasteiger partial charge is 0.276 e. The molecule has 0 unspecified atom stereocenters. The van der Waals surface area contributed by atoms with Crippen molar-refractivity contribution in [2.75, 3.05) is 12.4 Å². The predicted octanol–water partition coefficient (Wildman–Crippen LogP) is 1.22. The van der Waals surface area contributed by atoms with E-state index in [1.165, 1.54) is 14.0 Å². The Morgan fingerprint density at radius 3 is 2.81 bits per heavy atom. The van der Waals surface area contributed by atoms with E-state index in [4.69, 9.17) is 11.6 Å². The number of hydrogen-bond donors (Lipinski definition) is 1. The lowest BCUT2D eigenvalue weighted by molar-refractivity contribution is -0.114. The lowest BCUT2D eigenvalue weighted by Gasteiger charge is -1.95. The first-order chi connectivity index (χ1) is 7.54. The number of carbonyl (C=O) groups is 2. The van der Waals surface area contributed by atoms with Gasteiger partial charge >= 0.3 is 0 Å². The van der Waals surface area contributed by atoms with Crippen molar-refractivity contribution in [3.63, 3.8) is 0 Å². The van der Waals surface area contributed by atoms with Crippen molar-refractivity contribution in [3.05, 3.63) is 11.1 Å². The highest BCUT2D eigenvalue weighted by Gasteiger charge is 2.16. The van der Waals surface area contributed by atoms with E-state index in [0.29, 0.717) is 5.13 Å². The first-order valence-corrected chi connectivity index (χ1v) is 5.34. The molecule has 0 aliphatic carbocycles. The van der Waals surface area contributed by atoms with Gasteiger partial charge in [-0.05, 0) is 11.6 Å². The monoisotopic (exact) mass is 261 g/mol. The zero-order chi connectivity index (χ0) is 12.1. The average molecular weight is 262 g/mol. The molecule has 1 N–H and O–H groups in total. The number of aromatic nitrogens is 1. The Hall–Kier alpha value is -1.47. The zero-order valence-corrected chi connectivity index (χ0v) is 10.1. The van der Waals surface area contributed by atoms with Crippen LogP contribution < -0.4 is 5.32 Å². The molecule has 0 bridgehead atoms. The van der Waals surface area contributed by atoms with Crippen LogP contribution >= 0.6 is 22.9 Å².